The van der Waals surface area contributed by atoms with Crippen molar-refractivity contribution in [1.82, 2.24) is 9.80 Å². The van der Waals surface area contributed by atoms with Gasteiger partial charge in [0.25, 0.3) is 0 Å². The van der Waals surface area contributed by atoms with Crippen LogP contribution >= 0.6 is 0 Å². The fourth-order valence-corrected chi connectivity index (χ4v) is 3.63. The molecular weight excluding hydrogens is 406 g/mol. The van der Waals surface area contributed by atoms with Gasteiger partial charge in [-0.3, -0.25) is 14.5 Å². The molecule has 0 saturated carbocycles. The molecule has 0 aromatic heterocycles. The lowest BCUT2D eigenvalue weighted by Gasteiger charge is -2.28. The SMILES string of the molecule is CCN(C)C(=O)C1C(c2ccc(NC(=O)C(C)C)cc2)OC(=O)N1Cc1cccc(C)c1. The number of amides is 3. The number of nitrogens with zero attached hydrogens (tertiary/aromatic N) is 2. The number of hydrogen-bond acceptors (Lipinski definition) is 4. The monoisotopic (exact) mass is 437 g/mol. The average molecular weight is 438 g/mol. The topological polar surface area (TPSA) is 79.0 Å². The second-order valence-corrected chi connectivity index (χ2v) is 8.48. The smallest absolute Gasteiger partial charge is 0.411 e. The van der Waals surface area contributed by atoms with Crippen molar-refractivity contribution in [3.05, 3.63) is 65.2 Å². The Balaban J connectivity index is 1.89. The summed E-state index contributed by atoms with van der Waals surface area (Å²) < 4.78 is 5.70. The van der Waals surface area contributed by atoms with Gasteiger partial charge in [0.1, 0.15) is 0 Å². The van der Waals surface area contributed by atoms with Crippen molar-refractivity contribution in [2.24, 2.45) is 5.92 Å². The van der Waals surface area contributed by atoms with E-state index in [1.54, 1.807) is 36.2 Å². The third-order valence-corrected chi connectivity index (χ3v) is 5.65. The second kappa shape index (κ2) is 9.85. The van der Waals surface area contributed by atoms with Crippen LogP contribution in [0.25, 0.3) is 0 Å². The van der Waals surface area contributed by atoms with Gasteiger partial charge in [-0.1, -0.05) is 55.8 Å². The van der Waals surface area contributed by atoms with Crippen molar-refractivity contribution in [2.45, 2.75) is 46.4 Å². The average Bonchev–Trinajstić information content (AvgIpc) is 3.09. The molecule has 0 spiro atoms. The Morgan fingerprint density at radius 3 is 2.44 bits per heavy atom. The van der Waals surface area contributed by atoms with E-state index in [1.165, 1.54) is 4.90 Å². The standard InChI is InChI=1S/C25H31N3O4/c1-6-27(5)24(30)21-22(19-10-12-20(13-11-19)26-23(29)16(2)3)32-25(31)28(21)15-18-9-7-8-17(4)14-18/h7-14,16,21-22H,6,15H2,1-5H3,(H,26,29). The van der Waals surface area contributed by atoms with Gasteiger partial charge in [0.15, 0.2) is 12.1 Å². The summed E-state index contributed by atoms with van der Waals surface area (Å²) in [5.74, 6) is -0.382. The van der Waals surface area contributed by atoms with Gasteiger partial charge in [0.05, 0.1) is 6.54 Å². The predicted molar refractivity (Wildman–Crippen MR) is 123 cm³/mol. The first kappa shape index (κ1) is 23.3. The summed E-state index contributed by atoms with van der Waals surface area (Å²) in [5.41, 5.74) is 3.38. The molecule has 7 nitrogen and oxygen atoms in total. The van der Waals surface area contributed by atoms with E-state index < -0.39 is 18.2 Å². The number of aryl methyl sites for hydroxylation is 1. The van der Waals surface area contributed by atoms with Crippen molar-refractivity contribution in [3.8, 4) is 0 Å². The van der Waals surface area contributed by atoms with E-state index in [9.17, 15) is 14.4 Å². The quantitative estimate of drug-likeness (QED) is 0.706. The van der Waals surface area contributed by atoms with Crippen LogP contribution in [0.1, 0.15) is 43.6 Å². The first-order valence-electron chi connectivity index (χ1n) is 10.9. The first-order chi connectivity index (χ1) is 15.2. The minimum atomic E-state index is -0.774. The molecule has 1 saturated heterocycles. The molecule has 1 fully saturated rings. The summed E-state index contributed by atoms with van der Waals surface area (Å²) in [6, 6.07) is 14.2. The zero-order chi connectivity index (χ0) is 23.4. The van der Waals surface area contributed by atoms with E-state index >= 15 is 0 Å². The summed E-state index contributed by atoms with van der Waals surface area (Å²) in [7, 11) is 1.72. The molecule has 1 aliphatic heterocycles. The van der Waals surface area contributed by atoms with Gasteiger partial charge in [0.2, 0.25) is 11.8 Å². The Hall–Kier alpha value is -3.35. The number of ether oxygens (including phenoxy) is 1. The Bertz CT molecular complexity index is 987. The Morgan fingerprint density at radius 2 is 1.84 bits per heavy atom. The molecule has 170 valence electrons. The Morgan fingerprint density at radius 1 is 1.16 bits per heavy atom. The van der Waals surface area contributed by atoms with Gasteiger partial charge in [-0.2, -0.15) is 0 Å². The van der Waals surface area contributed by atoms with E-state index in [1.807, 2.05) is 52.0 Å². The highest BCUT2D eigenvalue weighted by molar-refractivity contribution is 5.92. The molecule has 0 aliphatic carbocycles. The van der Waals surface area contributed by atoms with Crippen LogP contribution in [0.4, 0.5) is 10.5 Å². The van der Waals surface area contributed by atoms with Crippen LogP contribution in [0.2, 0.25) is 0 Å². The van der Waals surface area contributed by atoms with Gasteiger partial charge in [-0.15, -0.1) is 0 Å². The summed E-state index contributed by atoms with van der Waals surface area (Å²) in [5, 5.41) is 2.84. The highest BCUT2D eigenvalue weighted by Crippen LogP contribution is 2.35. The van der Waals surface area contributed by atoms with Crippen molar-refractivity contribution in [1.29, 1.82) is 0 Å². The number of cyclic esters (lactones) is 1. The van der Waals surface area contributed by atoms with Crippen LogP contribution in [0.15, 0.2) is 48.5 Å². The van der Waals surface area contributed by atoms with Crippen LogP contribution in [-0.4, -0.2) is 47.3 Å². The maximum Gasteiger partial charge on any atom is 0.411 e. The van der Waals surface area contributed by atoms with E-state index in [-0.39, 0.29) is 24.3 Å². The van der Waals surface area contributed by atoms with E-state index in [0.717, 1.165) is 11.1 Å². The molecule has 0 radical (unpaired) electrons. The van der Waals surface area contributed by atoms with Gasteiger partial charge < -0.3 is 15.0 Å². The summed E-state index contributed by atoms with van der Waals surface area (Å²) >= 11 is 0. The normalized spacial score (nSPS) is 17.9. The van der Waals surface area contributed by atoms with Crippen molar-refractivity contribution in [2.75, 3.05) is 18.9 Å². The number of carbonyl (C=O) groups excluding carboxylic acids is 3. The van der Waals surface area contributed by atoms with E-state index in [2.05, 4.69) is 5.32 Å². The third kappa shape index (κ3) is 5.10. The molecule has 3 amide bonds. The fraction of sp³-hybridized carbons (Fsp3) is 0.400. The number of rotatable bonds is 7. The number of carbonyl (C=O) groups is 3. The summed E-state index contributed by atoms with van der Waals surface area (Å²) in [6.07, 6.45) is -1.25. The number of anilines is 1. The lowest BCUT2D eigenvalue weighted by molar-refractivity contribution is -0.135. The van der Waals surface area contributed by atoms with Crippen LogP contribution in [0.3, 0.4) is 0 Å². The molecule has 1 aliphatic rings. The van der Waals surface area contributed by atoms with Crippen LogP contribution in [0, 0.1) is 12.8 Å². The van der Waals surface area contributed by atoms with E-state index in [4.69, 9.17) is 4.74 Å². The van der Waals surface area contributed by atoms with Crippen LogP contribution < -0.4 is 5.32 Å². The van der Waals surface area contributed by atoms with Crippen molar-refractivity contribution >= 4 is 23.6 Å². The lowest BCUT2D eigenvalue weighted by Crippen LogP contribution is -2.46. The fourth-order valence-electron chi connectivity index (χ4n) is 3.63. The predicted octanol–water partition coefficient (Wildman–Crippen LogP) is 4.13. The molecule has 3 rings (SSSR count). The highest BCUT2D eigenvalue weighted by atomic mass is 16.6. The molecule has 1 N–H and O–H groups in total. The maximum absolute atomic E-state index is 13.3. The molecule has 0 bridgehead atoms. The number of hydrogen-bond donors (Lipinski definition) is 1. The largest absolute Gasteiger partial charge is 0.438 e. The van der Waals surface area contributed by atoms with E-state index in [0.29, 0.717) is 17.8 Å². The third-order valence-electron chi connectivity index (χ3n) is 5.65. The molecule has 2 atom stereocenters. The maximum atomic E-state index is 13.3. The molecule has 7 heteroatoms. The molecule has 2 unspecified atom stereocenters. The molecule has 2 aromatic carbocycles. The molecule has 2 aromatic rings. The summed E-state index contributed by atoms with van der Waals surface area (Å²) in [6.45, 7) is 8.33. The lowest BCUT2D eigenvalue weighted by atomic mass is 9.99. The van der Waals surface area contributed by atoms with Crippen LogP contribution in [-0.2, 0) is 20.9 Å². The van der Waals surface area contributed by atoms with Gasteiger partial charge in [-0.25, -0.2) is 4.79 Å². The zero-order valence-electron chi connectivity index (χ0n) is 19.3. The first-order valence-corrected chi connectivity index (χ1v) is 10.9. The van der Waals surface area contributed by atoms with Gasteiger partial charge >= 0.3 is 6.09 Å². The molecular formula is C25H31N3O4. The molecule has 32 heavy (non-hydrogen) atoms. The zero-order valence-corrected chi connectivity index (χ0v) is 19.3. The molecule has 1 heterocycles. The van der Waals surface area contributed by atoms with Gasteiger partial charge in [0, 0.05) is 25.2 Å². The number of benzene rings is 2. The Labute approximate surface area is 189 Å². The summed E-state index contributed by atoms with van der Waals surface area (Å²) in [4.78, 5) is 41.1. The van der Waals surface area contributed by atoms with Crippen molar-refractivity contribution < 1.29 is 19.1 Å². The highest BCUT2D eigenvalue weighted by Gasteiger charge is 2.47. The number of nitrogens with one attached hydrogen (secondary N) is 1. The van der Waals surface area contributed by atoms with Gasteiger partial charge in [-0.05, 0) is 37.1 Å². The Kier molecular flexibility index (Phi) is 7.18. The number of likely N-dealkylation sites (N-methyl/N-ethyl adjacent to an activating group) is 1. The van der Waals surface area contributed by atoms with Crippen LogP contribution in [0.5, 0.6) is 0 Å². The second-order valence-electron chi connectivity index (χ2n) is 8.48. The van der Waals surface area contributed by atoms with Crippen molar-refractivity contribution in [3.63, 3.8) is 0 Å². The minimum Gasteiger partial charge on any atom is -0.438 e. The minimum absolute atomic E-state index is 0.0769.